The Bertz CT molecular complexity index is 583. The Labute approximate surface area is 135 Å². The second kappa shape index (κ2) is 7.61. The molecule has 0 bridgehead atoms. The van der Waals surface area contributed by atoms with Crippen molar-refractivity contribution in [3.63, 3.8) is 0 Å². The zero-order valence-electron chi connectivity index (χ0n) is 13.9. The quantitative estimate of drug-likeness (QED) is 0.580. The molecule has 0 aliphatic rings. The minimum Gasteiger partial charge on any atom is -0.444 e. The number of nitrogens with zero attached hydrogens (tertiary/aromatic N) is 2. The van der Waals surface area contributed by atoms with Gasteiger partial charge in [0.1, 0.15) is 11.4 Å². The van der Waals surface area contributed by atoms with Gasteiger partial charge in [-0.2, -0.15) is 0 Å². The topological polar surface area (TPSA) is 145 Å². The van der Waals surface area contributed by atoms with Crippen LogP contribution in [0, 0.1) is 6.92 Å². The van der Waals surface area contributed by atoms with E-state index >= 15 is 0 Å². The van der Waals surface area contributed by atoms with E-state index in [9.17, 15) is 9.59 Å². The van der Waals surface area contributed by atoms with Gasteiger partial charge in [-0.1, -0.05) is 0 Å². The fraction of sp³-hybridized carbons (Fsp3) is 0.571. The van der Waals surface area contributed by atoms with Gasteiger partial charge in [-0.05, 0) is 34.1 Å². The molecule has 1 rings (SSSR count). The SMILES string of the molecule is Cc1nc(C(=O)NCCCNC(=O)OC(C)(C)C)c(N)nc1N. The molecule has 0 fully saturated rings. The Hall–Kier alpha value is -2.58. The van der Waals surface area contributed by atoms with Crippen LogP contribution in [0.15, 0.2) is 0 Å². The van der Waals surface area contributed by atoms with Gasteiger partial charge in [-0.3, -0.25) is 4.79 Å². The second-order valence-electron chi connectivity index (χ2n) is 5.97. The highest BCUT2D eigenvalue weighted by Gasteiger charge is 2.16. The average molecular weight is 324 g/mol. The van der Waals surface area contributed by atoms with Crippen LogP contribution in [0.2, 0.25) is 0 Å². The van der Waals surface area contributed by atoms with Crippen molar-refractivity contribution >= 4 is 23.6 Å². The molecule has 0 atom stereocenters. The molecule has 128 valence electrons. The largest absolute Gasteiger partial charge is 0.444 e. The van der Waals surface area contributed by atoms with E-state index < -0.39 is 17.6 Å². The first kappa shape index (κ1) is 18.5. The molecule has 0 aliphatic carbocycles. The predicted octanol–water partition coefficient (Wildman–Crippen LogP) is 0.594. The second-order valence-corrected chi connectivity index (χ2v) is 5.97. The fourth-order valence-corrected chi connectivity index (χ4v) is 1.59. The molecule has 0 aromatic carbocycles. The highest BCUT2D eigenvalue weighted by molar-refractivity contribution is 5.96. The van der Waals surface area contributed by atoms with Crippen LogP contribution in [0.5, 0.6) is 0 Å². The van der Waals surface area contributed by atoms with Gasteiger partial charge >= 0.3 is 6.09 Å². The Balaban J connectivity index is 2.35. The minimum atomic E-state index is -0.540. The number of hydrogen-bond donors (Lipinski definition) is 4. The van der Waals surface area contributed by atoms with E-state index in [1.807, 2.05) is 0 Å². The summed E-state index contributed by atoms with van der Waals surface area (Å²) in [6, 6.07) is 0. The van der Waals surface area contributed by atoms with E-state index in [4.69, 9.17) is 16.2 Å². The van der Waals surface area contributed by atoms with Crippen LogP contribution in [0.1, 0.15) is 43.4 Å². The number of hydrogen-bond acceptors (Lipinski definition) is 7. The zero-order chi connectivity index (χ0) is 17.6. The van der Waals surface area contributed by atoms with Crippen LogP contribution in [0.3, 0.4) is 0 Å². The molecular weight excluding hydrogens is 300 g/mol. The highest BCUT2D eigenvalue weighted by Crippen LogP contribution is 2.11. The molecule has 9 heteroatoms. The Morgan fingerprint density at radius 3 is 2.30 bits per heavy atom. The Morgan fingerprint density at radius 1 is 1.09 bits per heavy atom. The summed E-state index contributed by atoms with van der Waals surface area (Å²) in [6.07, 6.45) is 0.0415. The first-order valence-corrected chi connectivity index (χ1v) is 7.25. The van der Waals surface area contributed by atoms with E-state index in [-0.39, 0.29) is 17.3 Å². The molecule has 6 N–H and O–H groups in total. The van der Waals surface area contributed by atoms with Gasteiger partial charge in [0.15, 0.2) is 11.5 Å². The van der Waals surface area contributed by atoms with Gasteiger partial charge < -0.3 is 26.8 Å². The van der Waals surface area contributed by atoms with Crippen LogP contribution < -0.4 is 22.1 Å². The van der Waals surface area contributed by atoms with Gasteiger partial charge in [0.25, 0.3) is 5.91 Å². The first-order valence-electron chi connectivity index (χ1n) is 7.25. The summed E-state index contributed by atoms with van der Waals surface area (Å²) < 4.78 is 5.09. The number of nitrogens with two attached hydrogens (primary N) is 2. The molecule has 0 saturated heterocycles. The summed E-state index contributed by atoms with van der Waals surface area (Å²) in [5.74, 6) is -0.256. The Morgan fingerprint density at radius 2 is 1.70 bits per heavy atom. The lowest BCUT2D eigenvalue weighted by molar-refractivity contribution is 0.0527. The molecule has 0 radical (unpaired) electrons. The maximum absolute atomic E-state index is 12.0. The van der Waals surface area contributed by atoms with E-state index in [0.717, 1.165) is 0 Å². The predicted molar refractivity (Wildman–Crippen MR) is 86.8 cm³/mol. The third kappa shape index (κ3) is 6.37. The third-order valence-corrected chi connectivity index (χ3v) is 2.66. The molecule has 2 amide bonds. The number of nitrogens with one attached hydrogen (secondary N) is 2. The van der Waals surface area contributed by atoms with Crippen molar-refractivity contribution in [1.29, 1.82) is 0 Å². The van der Waals surface area contributed by atoms with Crippen molar-refractivity contribution in [3.05, 3.63) is 11.4 Å². The number of anilines is 2. The van der Waals surface area contributed by atoms with Crippen LogP contribution >= 0.6 is 0 Å². The first-order chi connectivity index (χ1) is 10.6. The van der Waals surface area contributed by atoms with Crippen LogP contribution in [-0.4, -0.2) is 40.7 Å². The molecule has 23 heavy (non-hydrogen) atoms. The van der Waals surface area contributed by atoms with Crippen LogP contribution in [0.4, 0.5) is 16.4 Å². The van der Waals surface area contributed by atoms with E-state index in [1.165, 1.54) is 0 Å². The van der Waals surface area contributed by atoms with E-state index in [1.54, 1.807) is 27.7 Å². The summed E-state index contributed by atoms with van der Waals surface area (Å²) in [6.45, 7) is 7.71. The van der Waals surface area contributed by atoms with Gasteiger partial charge in [-0.25, -0.2) is 14.8 Å². The number of aromatic nitrogens is 2. The summed E-state index contributed by atoms with van der Waals surface area (Å²) in [5.41, 5.74) is 11.1. The molecule has 9 nitrogen and oxygen atoms in total. The smallest absolute Gasteiger partial charge is 0.407 e. The summed E-state index contributed by atoms with van der Waals surface area (Å²) in [5, 5.41) is 5.25. The number of nitrogen functional groups attached to an aromatic ring is 2. The number of ether oxygens (including phenoxy) is 1. The van der Waals surface area contributed by atoms with Crippen LogP contribution in [0.25, 0.3) is 0 Å². The van der Waals surface area contributed by atoms with Crippen molar-refractivity contribution < 1.29 is 14.3 Å². The standard InChI is InChI=1S/C14H24N6O3/c1-8-10(15)20-11(16)9(19-8)12(21)17-6-5-7-18-13(22)23-14(2,3)4/h5-7H2,1-4H3,(H,17,21)(H,18,22)(H4,15,16,20). The van der Waals surface area contributed by atoms with E-state index in [0.29, 0.717) is 25.2 Å². The molecule has 0 spiro atoms. The number of carbonyl (C=O) groups excluding carboxylic acids is 2. The number of aryl methyl sites for hydroxylation is 1. The minimum absolute atomic E-state index is 0.0162. The van der Waals surface area contributed by atoms with Gasteiger partial charge in [0.05, 0.1) is 5.69 Å². The van der Waals surface area contributed by atoms with Crippen LogP contribution in [-0.2, 0) is 4.74 Å². The third-order valence-electron chi connectivity index (χ3n) is 2.66. The average Bonchev–Trinajstić information content (AvgIpc) is 2.40. The van der Waals surface area contributed by atoms with Crippen molar-refractivity contribution in [2.75, 3.05) is 24.6 Å². The summed E-state index contributed by atoms with van der Waals surface area (Å²) in [7, 11) is 0. The number of rotatable bonds is 5. The van der Waals surface area contributed by atoms with Crippen molar-refractivity contribution in [2.45, 2.75) is 39.7 Å². The monoisotopic (exact) mass is 324 g/mol. The Kier molecular flexibility index (Phi) is 6.11. The van der Waals surface area contributed by atoms with Crippen molar-refractivity contribution in [2.24, 2.45) is 0 Å². The summed E-state index contributed by atoms with van der Waals surface area (Å²) >= 11 is 0. The van der Waals surface area contributed by atoms with Crippen molar-refractivity contribution in [3.8, 4) is 0 Å². The molecule has 0 aliphatic heterocycles. The normalized spacial score (nSPS) is 11.0. The molecule has 1 aromatic heterocycles. The zero-order valence-corrected chi connectivity index (χ0v) is 13.9. The molecule has 0 unspecified atom stereocenters. The lowest BCUT2D eigenvalue weighted by Gasteiger charge is -2.19. The molecular formula is C14H24N6O3. The number of carbonyl (C=O) groups is 2. The van der Waals surface area contributed by atoms with Gasteiger partial charge in [0, 0.05) is 13.1 Å². The maximum Gasteiger partial charge on any atom is 0.407 e. The van der Waals surface area contributed by atoms with E-state index in [2.05, 4.69) is 20.6 Å². The lowest BCUT2D eigenvalue weighted by atomic mass is 10.2. The fourth-order valence-electron chi connectivity index (χ4n) is 1.59. The van der Waals surface area contributed by atoms with Gasteiger partial charge in [0.2, 0.25) is 0 Å². The van der Waals surface area contributed by atoms with Gasteiger partial charge in [-0.15, -0.1) is 0 Å². The molecule has 1 heterocycles. The number of amides is 2. The number of alkyl carbamates (subject to hydrolysis) is 1. The maximum atomic E-state index is 12.0. The highest BCUT2D eigenvalue weighted by atomic mass is 16.6. The lowest BCUT2D eigenvalue weighted by Crippen LogP contribution is -2.34. The summed E-state index contributed by atoms with van der Waals surface area (Å²) in [4.78, 5) is 31.3. The molecule has 1 aromatic rings. The van der Waals surface area contributed by atoms with Crippen molar-refractivity contribution in [1.82, 2.24) is 20.6 Å². The molecule has 0 saturated carbocycles.